The van der Waals surface area contributed by atoms with Gasteiger partial charge in [-0.25, -0.2) is 0 Å². The third kappa shape index (κ3) is 4.29. The predicted octanol–water partition coefficient (Wildman–Crippen LogP) is -0.0319. The van der Waals surface area contributed by atoms with E-state index in [-0.39, 0.29) is 17.0 Å². The fraction of sp³-hybridized carbons (Fsp3) is 0.857. The molecule has 0 spiro atoms. The normalized spacial score (nSPS) is 20.4. The highest BCUT2D eigenvalue weighted by atomic mass is 79.9. The van der Waals surface area contributed by atoms with Crippen LogP contribution in [0.3, 0.4) is 0 Å². The lowest BCUT2D eigenvalue weighted by Crippen LogP contribution is -3.00. The van der Waals surface area contributed by atoms with Gasteiger partial charge in [0.2, 0.25) is 0 Å². The summed E-state index contributed by atoms with van der Waals surface area (Å²) in [6.07, 6.45) is 13.3. The zero-order chi connectivity index (χ0) is 11.3. The van der Waals surface area contributed by atoms with Gasteiger partial charge in [0.05, 0.1) is 25.8 Å². The fourth-order valence-electron chi connectivity index (χ4n) is 2.92. The third-order valence-electron chi connectivity index (χ3n) is 4.22. The first kappa shape index (κ1) is 15.0. The van der Waals surface area contributed by atoms with Crippen molar-refractivity contribution in [3.05, 3.63) is 12.4 Å². The lowest BCUT2D eigenvalue weighted by molar-refractivity contribution is -0.888. The average Bonchev–Trinajstić information content (AvgIpc) is 2.36. The molecule has 3 heteroatoms. The topological polar surface area (TPSA) is 3.24 Å². The molecule has 0 aromatic carbocycles. The second-order valence-electron chi connectivity index (χ2n) is 5.49. The van der Waals surface area contributed by atoms with Crippen molar-refractivity contribution in [1.82, 2.24) is 4.90 Å². The Bertz CT molecular complexity index is 232. The summed E-state index contributed by atoms with van der Waals surface area (Å²) in [4.78, 5) is 2.46. The Morgan fingerprint density at radius 2 is 1.65 bits per heavy atom. The molecule has 0 saturated carbocycles. The Hall–Kier alpha value is -0.0200. The third-order valence-corrected chi connectivity index (χ3v) is 4.22. The summed E-state index contributed by atoms with van der Waals surface area (Å²) in [5.74, 6) is 0. The second kappa shape index (κ2) is 7.42. The lowest BCUT2D eigenvalue weighted by Gasteiger charge is -2.46. The molecule has 3 aliphatic rings. The molecular weight excluding hydrogens is 276 g/mol. The number of hydrogen-bond donors (Lipinski definition) is 0. The Morgan fingerprint density at radius 3 is 2.24 bits per heavy atom. The minimum absolute atomic E-state index is 0. The van der Waals surface area contributed by atoms with Crippen LogP contribution >= 0.6 is 0 Å². The largest absolute Gasteiger partial charge is 1.00 e. The van der Waals surface area contributed by atoms with Gasteiger partial charge >= 0.3 is 0 Å². The highest BCUT2D eigenvalue weighted by molar-refractivity contribution is 4.86. The first-order chi connectivity index (χ1) is 7.85. The summed E-state index contributed by atoms with van der Waals surface area (Å²) < 4.78 is 1.28. The van der Waals surface area contributed by atoms with Crippen LogP contribution in [0.15, 0.2) is 12.4 Å². The van der Waals surface area contributed by atoms with Crippen molar-refractivity contribution >= 4 is 0 Å². The molecule has 0 aliphatic carbocycles. The minimum Gasteiger partial charge on any atom is -1.00 e. The molecule has 0 unspecified atom stereocenters. The molecule has 0 aromatic rings. The van der Waals surface area contributed by atoms with Gasteiger partial charge < -0.3 is 21.9 Å². The molecule has 1 fully saturated rings. The van der Waals surface area contributed by atoms with Gasteiger partial charge in [-0.2, -0.15) is 0 Å². The summed E-state index contributed by atoms with van der Waals surface area (Å²) in [6, 6.07) is 0. The van der Waals surface area contributed by atoms with Crippen LogP contribution in [-0.2, 0) is 0 Å². The van der Waals surface area contributed by atoms with Crippen molar-refractivity contribution in [3.63, 3.8) is 0 Å². The molecule has 2 nitrogen and oxygen atoms in total. The number of hydrogen-bond acceptors (Lipinski definition) is 1. The summed E-state index contributed by atoms with van der Waals surface area (Å²) in [7, 11) is 0. The molecule has 0 amide bonds. The number of piperazine rings is 1. The Labute approximate surface area is 117 Å². The molecule has 3 heterocycles. The lowest BCUT2D eigenvalue weighted by atomic mass is 10.1. The van der Waals surface area contributed by atoms with E-state index in [2.05, 4.69) is 24.2 Å². The number of fused-ring (bicyclic) bond motifs is 2. The fourth-order valence-corrected chi connectivity index (χ4v) is 2.92. The van der Waals surface area contributed by atoms with Gasteiger partial charge in [0.15, 0.2) is 0 Å². The van der Waals surface area contributed by atoms with E-state index in [1.165, 1.54) is 75.7 Å². The van der Waals surface area contributed by atoms with Crippen LogP contribution in [0, 0.1) is 0 Å². The molecule has 17 heavy (non-hydrogen) atoms. The summed E-state index contributed by atoms with van der Waals surface area (Å²) in [5, 5.41) is 0. The maximum atomic E-state index is 2.46. The highest BCUT2D eigenvalue weighted by Gasteiger charge is 2.33. The number of halogens is 1. The molecule has 0 radical (unpaired) electrons. The van der Waals surface area contributed by atoms with Gasteiger partial charge in [0.25, 0.3) is 0 Å². The predicted molar refractivity (Wildman–Crippen MR) is 69.0 cm³/mol. The molecule has 0 atom stereocenters. The van der Waals surface area contributed by atoms with E-state index in [4.69, 9.17) is 0 Å². The quantitative estimate of drug-likeness (QED) is 0.472. The standard InChI is InChI=1S/C14H27N2.BrH/c1-2-3-4-5-6-7-11-16-12-8-15(9-13-16)10-14-16;/h8,12H,2-7,9-11,13-14H2,1H3;1H/q+1;/p-1. The SMILES string of the molecule is CCCCCCCC[N+]12C=CN(CC1)CC2.[Br-]. The van der Waals surface area contributed by atoms with Crippen molar-refractivity contribution in [2.45, 2.75) is 45.4 Å². The van der Waals surface area contributed by atoms with Crippen molar-refractivity contribution < 1.29 is 21.5 Å². The Morgan fingerprint density at radius 1 is 1.00 bits per heavy atom. The van der Waals surface area contributed by atoms with E-state index >= 15 is 0 Å². The van der Waals surface area contributed by atoms with E-state index in [9.17, 15) is 0 Å². The van der Waals surface area contributed by atoms with E-state index in [1.54, 1.807) is 0 Å². The van der Waals surface area contributed by atoms with Crippen LogP contribution in [0.25, 0.3) is 0 Å². The monoisotopic (exact) mass is 302 g/mol. The first-order valence-electron chi connectivity index (χ1n) is 7.14. The molecule has 3 rings (SSSR count). The van der Waals surface area contributed by atoms with Gasteiger partial charge in [-0.1, -0.05) is 32.6 Å². The van der Waals surface area contributed by atoms with Gasteiger partial charge in [0.1, 0.15) is 19.3 Å². The molecule has 1 saturated heterocycles. The van der Waals surface area contributed by atoms with Gasteiger partial charge in [-0.05, 0) is 12.8 Å². The van der Waals surface area contributed by atoms with Crippen LogP contribution in [0.4, 0.5) is 0 Å². The van der Waals surface area contributed by atoms with Crippen LogP contribution in [0.1, 0.15) is 45.4 Å². The zero-order valence-corrected chi connectivity index (χ0v) is 12.8. The number of unbranched alkanes of at least 4 members (excludes halogenated alkanes) is 5. The summed E-state index contributed by atoms with van der Waals surface area (Å²) >= 11 is 0. The molecule has 3 aliphatic heterocycles. The average molecular weight is 303 g/mol. The Kier molecular flexibility index (Phi) is 6.57. The van der Waals surface area contributed by atoms with E-state index in [0.717, 1.165) is 0 Å². The van der Waals surface area contributed by atoms with E-state index < -0.39 is 0 Å². The zero-order valence-electron chi connectivity index (χ0n) is 11.2. The maximum absolute atomic E-state index is 2.46. The number of rotatable bonds is 7. The molecule has 100 valence electrons. The first-order valence-corrected chi connectivity index (χ1v) is 7.14. The molecular formula is C14H27BrN2. The van der Waals surface area contributed by atoms with Gasteiger partial charge in [0, 0.05) is 0 Å². The van der Waals surface area contributed by atoms with Gasteiger partial charge in [-0.3, -0.25) is 4.48 Å². The maximum Gasteiger partial charge on any atom is 0.112 e. The summed E-state index contributed by atoms with van der Waals surface area (Å²) in [6.45, 7) is 8.95. The van der Waals surface area contributed by atoms with Crippen LogP contribution in [0.2, 0.25) is 0 Å². The number of quaternary nitrogens is 1. The van der Waals surface area contributed by atoms with Crippen LogP contribution < -0.4 is 17.0 Å². The smallest absolute Gasteiger partial charge is 0.112 e. The second-order valence-corrected chi connectivity index (χ2v) is 5.49. The minimum atomic E-state index is 0. The van der Waals surface area contributed by atoms with E-state index in [0.29, 0.717) is 0 Å². The summed E-state index contributed by atoms with van der Waals surface area (Å²) in [5.41, 5.74) is 0. The van der Waals surface area contributed by atoms with Crippen molar-refractivity contribution in [2.75, 3.05) is 32.7 Å². The highest BCUT2D eigenvalue weighted by Crippen LogP contribution is 2.22. The van der Waals surface area contributed by atoms with Crippen molar-refractivity contribution in [3.8, 4) is 0 Å². The van der Waals surface area contributed by atoms with Crippen molar-refractivity contribution in [1.29, 1.82) is 0 Å². The van der Waals surface area contributed by atoms with Crippen LogP contribution in [0.5, 0.6) is 0 Å². The Balaban J connectivity index is 0.00000144. The van der Waals surface area contributed by atoms with Gasteiger partial charge in [-0.15, -0.1) is 0 Å². The molecule has 2 bridgehead atoms. The molecule has 0 N–H and O–H groups in total. The van der Waals surface area contributed by atoms with Crippen LogP contribution in [-0.4, -0.2) is 42.1 Å². The molecule has 0 aromatic heterocycles. The van der Waals surface area contributed by atoms with E-state index in [1.807, 2.05) is 0 Å². The number of nitrogens with zero attached hydrogens (tertiary/aromatic N) is 2. The van der Waals surface area contributed by atoms with Crippen molar-refractivity contribution in [2.24, 2.45) is 0 Å².